The number of thiophene rings is 1. The number of ether oxygens (including phenoxy) is 2. The number of aryl methyl sites for hydroxylation is 1. The first-order valence-electron chi connectivity index (χ1n) is 9.67. The van der Waals surface area contributed by atoms with Gasteiger partial charge in [0.1, 0.15) is 5.00 Å². The molecule has 1 N–H and O–H groups in total. The molecule has 0 saturated heterocycles. The highest BCUT2D eigenvalue weighted by Crippen LogP contribution is 2.34. The molecule has 29 heavy (non-hydrogen) atoms. The van der Waals surface area contributed by atoms with Gasteiger partial charge >= 0.3 is 11.9 Å². The van der Waals surface area contributed by atoms with Crippen LogP contribution in [0.25, 0.3) is 0 Å². The topological polar surface area (TPSA) is 81.7 Å². The van der Waals surface area contributed by atoms with Gasteiger partial charge in [0.2, 0.25) is 0 Å². The van der Waals surface area contributed by atoms with E-state index in [0.29, 0.717) is 10.6 Å². The third kappa shape index (κ3) is 6.15. The van der Waals surface area contributed by atoms with Crippen LogP contribution in [-0.2, 0) is 25.5 Å². The smallest absolute Gasteiger partial charge is 0.341 e. The van der Waals surface area contributed by atoms with Crippen molar-refractivity contribution in [1.29, 1.82) is 0 Å². The predicted molar refractivity (Wildman–Crippen MR) is 113 cm³/mol. The molecule has 156 valence electrons. The molecule has 6 nitrogen and oxygen atoms in total. The number of hydrogen-bond acceptors (Lipinski definition) is 6. The largest absolute Gasteiger partial charge is 0.462 e. The van der Waals surface area contributed by atoms with Crippen LogP contribution >= 0.6 is 11.3 Å². The number of esters is 2. The van der Waals surface area contributed by atoms with Crippen LogP contribution in [0.15, 0.2) is 30.3 Å². The van der Waals surface area contributed by atoms with E-state index in [9.17, 15) is 14.4 Å². The van der Waals surface area contributed by atoms with E-state index in [0.717, 1.165) is 22.4 Å². The van der Waals surface area contributed by atoms with E-state index in [4.69, 9.17) is 9.47 Å². The molecule has 0 bridgehead atoms. The van der Waals surface area contributed by atoms with Gasteiger partial charge in [0.25, 0.3) is 5.91 Å². The molecular formula is C22H27NO5S. The van der Waals surface area contributed by atoms with Gasteiger partial charge in [-0.2, -0.15) is 0 Å². The highest BCUT2D eigenvalue weighted by Gasteiger charge is 2.23. The highest BCUT2D eigenvalue weighted by atomic mass is 32.1. The van der Waals surface area contributed by atoms with Crippen molar-refractivity contribution in [2.24, 2.45) is 0 Å². The Hall–Kier alpha value is -2.67. The SMILES string of the molecule is CCOC(=O)c1c(NC(=O)COC(=O)CC(C)c2ccccc2)sc(CC)c1C. The molecule has 1 aromatic heterocycles. The van der Waals surface area contributed by atoms with E-state index in [2.05, 4.69) is 5.32 Å². The summed E-state index contributed by atoms with van der Waals surface area (Å²) < 4.78 is 10.2. The second-order valence-corrected chi connectivity index (χ2v) is 7.76. The highest BCUT2D eigenvalue weighted by molar-refractivity contribution is 7.17. The normalized spacial score (nSPS) is 11.6. The molecular weight excluding hydrogens is 390 g/mol. The zero-order chi connectivity index (χ0) is 21.4. The maximum atomic E-state index is 12.3. The Balaban J connectivity index is 1.95. The lowest BCUT2D eigenvalue weighted by atomic mass is 9.98. The van der Waals surface area contributed by atoms with Crippen LogP contribution in [0.2, 0.25) is 0 Å². The number of benzene rings is 1. The van der Waals surface area contributed by atoms with Gasteiger partial charge in [0.05, 0.1) is 18.6 Å². The summed E-state index contributed by atoms with van der Waals surface area (Å²) in [5.41, 5.74) is 2.21. The van der Waals surface area contributed by atoms with Gasteiger partial charge in [-0.15, -0.1) is 11.3 Å². The molecule has 1 atom stereocenters. The van der Waals surface area contributed by atoms with E-state index in [1.165, 1.54) is 11.3 Å². The molecule has 0 aliphatic rings. The molecule has 1 aromatic carbocycles. The Morgan fingerprint density at radius 1 is 1.10 bits per heavy atom. The number of hydrogen-bond donors (Lipinski definition) is 1. The summed E-state index contributed by atoms with van der Waals surface area (Å²) in [6, 6.07) is 9.65. The lowest BCUT2D eigenvalue weighted by molar-refractivity contribution is -0.147. The van der Waals surface area contributed by atoms with Crippen molar-refractivity contribution in [2.75, 3.05) is 18.5 Å². The fourth-order valence-electron chi connectivity index (χ4n) is 2.95. The standard InChI is InChI=1S/C22H27NO5S/c1-5-17-15(4)20(22(26)27-6-2)21(29-17)23-18(24)13-28-19(25)12-14(3)16-10-8-7-9-11-16/h7-11,14H,5-6,12-13H2,1-4H3,(H,23,24). The Morgan fingerprint density at radius 3 is 2.41 bits per heavy atom. The van der Waals surface area contributed by atoms with Crippen LogP contribution in [0.4, 0.5) is 5.00 Å². The van der Waals surface area contributed by atoms with Crippen LogP contribution in [0.1, 0.15) is 59.5 Å². The van der Waals surface area contributed by atoms with Crippen molar-refractivity contribution < 1.29 is 23.9 Å². The van der Waals surface area contributed by atoms with Crippen molar-refractivity contribution in [3.63, 3.8) is 0 Å². The number of nitrogens with one attached hydrogen (secondary N) is 1. The Kier molecular flexibility index (Phi) is 8.39. The van der Waals surface area contributed by atoms with Crippen LogP contribution in [-0.4, -0.2) is 31.1 Å². The summed E-state index contributed by atoms with van der Waals surface area (Å²) in [5, 5.41) is 3.11. The number of carbonyl (C=O) groups is 3. The summed E-state index contributed by atoms with van der Waals surface area (Å²) in [5.74, 6) is -1.40. The zero-order valence-electron chi connectivity index (χ0n) is 17.2. The summed E-state index contributed by atoms with van der Waals surface area (Å²) in [6.07, 6.45) is 0.925. The van der Waals surface area contributed by atoms with Crippen LogP contribution in [0.5, 0.6) is 0 Å². The van der Waals surface area contributed by atoms with Gasteiger partial charge in [-0.25, -0.2) is 4.79 Å². The van der Waals surface area contributed by atoms with Gasteiger partial charge in [-0.3, -0.25) is 9.59 Å². The first kappa shape index (κ1) is 22.6. The Bertz CT molecular complexity index is 860. The van der Waals surface area contributed by atoms with Crippen molar-refractivity contribution in [2.45, 2.75) is 46.5 Å². The van der Waals surface area contributed by atoms with Crippen molar-refractivity contribution >= 4 is 34.2 Å². The first-order chi connectivity index (χ1) is 13.9. The lowest BCUT2D eigenvalue weighted by Crippen LogP contribution is -2.22. The van der Waals surface area contributed by atoms with Gasteiger partial charge < -0.3 is 14.8 Å². The van der Waals surface area contributed by atoms with E-state index >= 15 is 0 Å². The predicted octanol–water partition coefficient (Wildman–Crippen LogP) is 4.47. The monoisotopic (exact) mass is 417 g/mol. The average Bonchev–Trinajstić information content (AvgIpc) is 3.02. The summed E-state index contributed by atoms with van der Waals surface area (Å²) in [6.45, 7) is 7.33. The maximum absolute atomic E-state index is 12.3. The molecule has 0 saturated carbocycles. The molecule has 2 rings (SSSR count). The molecule has 0 aliphatic carbocycles. The fourth-order valence-corrected chi connectivity index (χ4v) is 4.10. The number of carbonyl (C=O) groups excluding carboxylic acids is 3. The van der Waals surface area contributed by atoms with Gasteiger partial charge in [-0.05, 0) is 37.3 Å². The third-order valence-electron chi connectivity index (χ3n) is 4.50. The van der Waals surface area contributed by atoms with Gasteiger partial charge in [0, 0.05) is 4.88 Å². The van der Waals surface area contributed by atoms with Crippen LogP contribution in [0, 0.1) is 6.92 Å². The van der Waals surface area contributed by atoms with E-state index < -0.39 is 24.5 Å². The quantitative estimate of drug-likeness (QED) is 0.609. The van der Waals surface area contributed by atoms with Gasteiger partial charge in [0.15, 0.2) is 6.61 Å². The summed E-state index contributed by atoms with van der Waals surface area (Å²) >= 11 is 1.34. The lowest BCUT2D eigenvalue weighted by Gasteiger charge is -2.11. The first-order valence-corrected chi connectivity index (χ1v) is 10.5. The minimum Gasteiger partial charge on any atom is -0.462 e. The zero-order valence-corrected chi connectivity index (χ0v) is 18.1. The summed E-state index contributed by atoms with van der Waals surface area (Å²) in [7, 11) is 0. The molecule has 0 fully saturated rings. The number of rotatable bonds is 9. The molecule has 0 spiro atoms. The average molecular weight is 418 g/mol. The van der Waals surface area contributed by atoms with E-state index in [1.807, 2.05) is 51.1 Å². The molecule has 1 heterocycles. The molecule has 7 heteroatoms. The van der Waals surface area contributed by atoms with Crippen LogP contribution < -0.4 is 5.32 Å². The maximum Gasteiger partial charge on any atom is 0.341 e. The minimum atomic E-state index is -0.486. The number of amides is 1. The third-order valence-corrected chi connectivity index (χ3v) is 5.86. The number of anilines is 1. The van der Waals surface area contributed by atoms with Crippen LogP contribution in [0.3, 0.4) is 0 Å². The van der Waals surface area contributed by atoms with Crippen molar-refractivity contribution in [3.05, 3.63) is 51.9 Å². The summed E-state index contributed by atoms with van der Waals surface area (Å²) in [4.78, 5) is 37.6. The fraction of sp³-hybridized carbons (Fsp3) is 0.409. The van der Waals surface area contributed by atoms with E-state index in [-0.39, 0.29) is 18.9 Å². The second kappa shape index (κ2) is 10.8. The van der Waals surface area contributed by atoms with E-state index in [1.54, 1.807) is 6.92 Å². The molecule has 1 amide bonds. The molecule has 1 unspecified atom stereocenters. The minimum absolute atomic E-state index is 0.00534. The van der Waals surface area contributed by atoms with Gasteiger partial charge in [-0.1, -0.05) is 44.2 Å². The Morgan fingerprint density at radius 2 is 1.79 bits per heavy atom. The molecule has 0 radical (unpaired) electrons. The molecule has 0 aliphatic heterocycles. The Labute approximate surface area is 175 Å². The van der Waals surface area contributed by atoms with Crippen molar-refractivity contribution in [1.82, 2.24) is 0 Å². The molecule has 2 aromatic rings. The second-order valence-electron chi connectivity index (χ2n) is 6.65. The van der Waals surface area contributed by atoms with Crippen molar-refractivity contribution in [3.8, 4) is 0 Å².